The van der Waals surface area contributed by atoms with Gasteiger partial charge in [0.15, 0.2) is 0 Å². The molecule has 0 unspecified atom stereocenters. The number of fused-ring (bicyclic) bond motifs is 1. The number of nitrogens with zero attached hydrogens (tertiary/aromatic N) is 1. The molecule has 112 valence electrons. The molecular weight excluding hydrogens is 278 g/mol. The Labute approximate surface area is 128 Å². The zero-order chi connectivity index (χ0) is 15.7. The van der Waals surface area contributed by atoms with Crippen LogP contribution in [0, 0.1) is 13.8 Å². The van der Waals surface area contributed by atoms with Crippen LogP contribution in [0.15, 0.2) is 36.4 Å². The number of carboxylic acid groups (broad SMARTS) is 1. The lowest BCUT2D eigenvalue weighted by atomic mass is 10.1. The second-order valence-corrected chi connectivity index (χ2v) is 5.43. The third-order valence-corrected chi connectivity index (χ3v) is 3.67. The molecule has 3 rings (SSSR count). The number of rotatable bonds is 4. The summed E-state index contributed by atoms with van der Waals surface area (Å²) in [5.41, 5.74) is 5.99. The minimum Gasteiger partial charge on any atom is -0.481 e. The second kappa shape index (κ2) is 5.52. The monoisotopic (exact) mass is 295 g/mol. The van der Waals surface area contributed by atoms with Crippen molar-refractivity contribution in [3.63, 3.8) is 0 Å². The molecule has 5 heteroatoms. The topological polar surface area (TPSA) is 78.0 Å². The van der Waals surface area contributed by atoms with Crippen LogP contribution < -0.4 is 5.32 Å². The summed E-state index contributed by atoms with van der Waals surface area (Å²) in [6.07, 6.45) is 0.0312. The van der Waals surface area contributed by atoms with Gasteiger partial charge in [-0.25, -0.2) is 4.98 Å². The number of imidazole rings is 1. The van der Waals surface area contributed by atoms with Gasteiger partial charge in [0.25, 0.3) is 0 Å². The molecule has 1 heterocycles. The van der Waals surface area contributed by atoms with E-state index in [0.29, 0.717) is 5.95 Å². The van der Waals surface area contributed by atoms with Crippen LogP contribution >= 0.6 is 0 Å². The zero-order valence-corrected chi connectivity index (χ0v) is 12.5. The number of anilines is 2. The summed E-state index contributed by atoms with van der Waals surface area (Å²) in [6.45, 7) is 4.14. The van der Waals surface area contributed by atoms with Gasteiger partial charge in [-0.2, -0.15) is 0 Å². The molecular formula is C17H17N3O2. The largest absolute Gasteiger partial charge is 0.481 e. The molecule has 0 radical (unpaired) electrons. The molecule has 0 saturated carbocycles. The third-order valence-electron chi connectivity index (χ3n) is 3.67. The summed E-state index contributed by atoms with van der Waals surface area (Å²) in [5, 5.41) is 12.0. The van der Waals surface area contributed by atoms with Gasteiger partial charge >= 0.3 is 5.97 Å². The van der Waals surface area contributed by atoms with Crippen LogP contribution in [0.1, 0.15) is 16.7 Å². The van der Waals surface area contributed by atoms with Crippen molar-refractivity contribution in [3.8, 4) is 0 Å². The van der Waals surface area contributed by atoms with Crippen molar-refractivity contribution in [2.45, 2.75) is 20.3 Å². The van der Waals surface area contributed by atoms with Crippen molar-refractivity contribution in [2.75, 3.05) is 5.32 Å². The number of carboxylic acids is 1. The maximum atomic E-state index is 10.7. The maximum absolute atomic E-state index is 10.7. The molecule has 0 saturated heterocycles. The van der Waals surface area contributed by atoms with Crippen LogP contribution in [-0.2, 0) is 11.2 Å². The Kier molecular flexibility index (Phi) is 3.55. The fourth-order valence-electron chi connectivity index (χ4n) is 2.35. The molecule has 0 aliphatic heterocycles. The normalized spacial score (nSPS) is 10.8. The minimum absolute atomic E-state index is 0.0312. The molecule has 0 aliphatic carbocycles. The number of carbonyl (C=O) groups is 1. The number of hydrogen-bond donors (Lipinski definition) is 3. The van der Waals surface area contributed by atoms with E-state index in [1.165, 1.54) is 11.1 Å². The summed E-state index contributed by atoms with van der Waals surface area (Å²) >= 11 is 0. The molecule has 0 amide bonds. The highest BCUT2D eigenvalue weighted by atomic mass is 16.4. The predicted octanol–water partition coefficient (Wildman–Crippen LogP) is 3.55. The van der Waals surface area contributed by atoms with Crippen LogP contribution in [0.2, 0.25) is 0 Å². The van der Waals surface area contributed by atoms with Gasteiger partial charge in [0.05, 0.1) is 17.5 Å². The van der Waals surface area contributed by atoms with E-state index >= 15 is 0 Å². The molecule has 1 aromatic heterocycles. The van der Waals surface area contributed by atoms with E-state index in [1.54, 1.807) is 12.1 Å². The van der Waals surface area contributed by atoms with E-state index in [9.17, 15) is 4.79 Å². The van der Waals surface area contributed by atoms with Crippen molar-refractivity contribution in [2.24, 2.45) is 0 Å². The first-order valence-corrected chi connectivity index (χ1v) is 7.06. The van der Waals surface area contributed by atoms with Gasteiger partial charge in [-0.15, -0.1) is 0 Å². The first-order chi connectivity index (χ1) is 10.5. The first kappa shape index (κ1) is 14.1. The zero-order valence-electron chi connectivity index (χ0n) is 12.5. The number of nitrogens with one attached hydrogen (secondary N) is 2. The third kappa shape index (κ3) is 2.93. The van der Waals surface area contributed by atoms with Gasteiger partial charge in [-0.3, -0.25) is 4.79 Å². The van der Waals surface area contributed by atoms with Crippen LogP contribution in [0.3, 0.4) is 0 Å². The maximum Gasteiger partial charge on any atom is 0.307 e. The molecule has 2 aromatic carbocycles. The molecule has 0 bridgehead atoms. The number of aromatic amines is 1. The van der Waals surface area contributed by atoms with Gasteiger partial charge in [0, 0.05) is 5.69 Å². The molecule has 0 spiro atoms. The van der Waals surface area contributed by atoms with Crippen LogP contribution in [0.5, 0.6) is 0 Å². The second-order valence-electron chi connectivity index (χ2n) is 5.43. The van der Waals surface area contributed by atoms with Crippen molar-refractivity contribution >= 4 is 28.6 Å². The van der Waals surface area contributed by atoms with Gasteiger partial charge < -0.3 is 15.4 Å². The number of hydrogen-bond acceptors (Lipinski definition) is 3. The van der Waals surface area contributed by atoms with Crippen LogP contribution in [0.25, 0.3) is 11.0 Å². The fourth-order valence-corrected chi connectivity index (χ4v) is 2.35. The van der Waals surface area contributed by atoms with E-state index in [0.717, 1.165) is 22.3 Å². The Balaban J connectivity index is 1.82. The fraction of sp³-hybridized carbons (Fsp3) is 0.176. The molecule has 3 N–H and O–H groups in total. The van der Waals surface area contributed by atoms with Gasteiger partial charge in [-0.1, -0.05) is 12.1 Å². The molecule has 5 nitrogen and oxygen atoms in total. The number of aliphatic carboxylic acids is 1. The number of benzene rings is 2. The highest BCUT2D eigenvalue weighted by Gasteiger charge is 2.06. The van der Waals surface area contributed by atoms with E-state index in [2.05, 4.69) is 41.3 Å². The predicted molar refractivity (Wildman–Crippen MR) is 86.6 cm³/mol. The van der Waals surface area contributed by atoms with E-state index < -0.39 is 5.97 Å². The Morgan fingerprint density at radius 1 is 1.18 bits per heavy atom. The number of aromatic nitrogens is 2. The SMILES string of the molecule is Cc1cc2nc(Nc3ccc(CC(=O)O)cc3)[nH]c2cc1C. The van der Waals surface area contributed by atoms with Crippen LogP contribution in [-0.4, -0.2) is 21.0 Å². The number of aryl methyl sites for hydroxylation is 2. The van der Waals surface area contributed by atoms with Gasteiger partial charge in [0.2, 0.25) is 5.95 Å². The lowest BCUT2D eigenvalue weighted by Crippen LogP contribution is -2.00. The van der Waals surface area contributed by atoms with Gasteiger partial charge in [0.1, 0.15) is 0 Å². The minimum atomic E-state index is -0.830. The molecule has 0 fully saturated rings. The summed E-state index contributed by atoms with van der Waals surface area (Å²) in [4.78, 5) is 18.4. The lowest BCUT2D eigenvalue weighted by Gasteiger charge is -2.03. The van der Waals surface area contributed by atoms with Crippen molar-refractivity contribution in [1.82, 2.24) is 9.97 Å². The Bertz CT molecular complexity index is 796. The highest BCUT2D eigenvalue weighted by Crippen LogP contribution is 2.21. The first-order valence-electron chi connectivity index (χ1n) is 7.06. The number of H-pyrrole nitrogens is 1. The highest BCUT2D eigenvalue weighted by molar-refractivity contribution is 5.80. The molecule has 22 heavy (non-hydrogen) atoms. The van der Waals surface area contributed by atoms with Crippen LogP contribution in [0.4, 0.5) is 11.6 Å². The summed E-state index contributed by atoms with van der Waals surface area (Å²) in [5.74, 6) is -0.158. The average molecular weight is 295 g/mol. The van der Waals surface area contributed by atoms with E-state index in [1.807, 2.05) is 12.1 Å². The quantitative estimate of drug-likeness (QED) is 0.688. The smallest absolute Gasteiger partial charge is 0.307 e. The van der Waals surface area contributed by atoms with Gasteiger partial charge in [-0.05, 0) is 54.8 Å². The van der Waals surface area contributed by atoms with E-state index in [4.69, 9.17) is 5.11 Å². The summed E-state index contributed by atoms with van der Waals surface area (Å²) < 4.78 is 0. The summed E-state index contributed by atoms with van der Waals surface area (Å²) in [7, 11) is 0. The van der Waals surface area contributed by atoms with E-state index in [-0.39, 0.29) is 6.42 Å². The lowest BCUT2D eigenvalue weighted by molar-refractivity contribution is -0.136. The molecule has 0 atom stereocenters. The Morgan fingerprint density at radius 2 is 1.86 bits per heavy atom. The van der Waals surface area contributed by atoms with Crippen molar-refractivity contribution in [3.05, 3.63) is 53.1 Å². The standard InChI is InChI=1S/C17H17N3O2/c1-10-7-14-15(8-11(10)2)20-17(19-14)18-13-5-3-12(4-6-13)9-16(21)22/h3-8H,9H2,1-2H3,(H,21,22)(H2,18,19,20). The average Bonchev–Trinajstić information content (AvgIpc) is 2.82. The molecule has 0 aliphatic rings. The summed E-state index contributed by atoms with van der Waals surface area (Å²) in [6, 6.07) is 11.4. The Hall–Kier alpha value is -2.82. The Morgan fingerprint density at radius 3 is 2.55 bits per heavy atom. The van der Waals surface area contributed by atoms with Crippen molar-refractivity contribution < 1.29 is 9.90 Å². The molecule has 3 aromatic rings. The van der Waals surface area contributed by atoms with Crippen molar-refractivity contribution in [1.29, 1.82) is 0 Å².